The maximum atomic E-state index is 12.2. The van der Waals surface area contributed by atoms with E-state index in [1.54, 1.807) is 16.8 Å². The van der Waals surface area contributed by atoms with Gasteiger partial charge in [-0.05, 0) is 24.5 Å². The smallest absolute Gasteiger partial charge is 0.240 e. The summed E-state index contributed by atoms with van der Waals surface area (Å²) in [5.74, 6) is 0.381. The summed E-state index contributed by atoms with van der Waals surface area (Å²) in [6.45, 7) is 4.80. The van der Waals surface area contributed by atoms with Gasteiger partial charge < -0.3 is 15.6 Å². The minimum absolute atomic E-state index is 0. The number of carbonyl (C=O) groups is 1. The molecule has 126 valence electrons. The van der Waals surface area contributed by atoms with Crippen molar-refractivity contribution in [2.75, 3.05) is 6.54 Å². The van der Waals surface area contributed by atoms with Crippen molar-refractivity contribution in [2.24, 2.45) is 11.7 Å². The van der Waals surface area contributed by atoms with Gasteiger partial charge in [-0.25, -0.2) is 0 Å². The van der Waals surface area contributed by atoms with Crippen molar-refractivity contribution in [3.8, 4) is 0 Å². The van der Waals surface area contributed by atoms with Gasteiger partial charge in [-0.15, -0.1) is 12.4 Å². The first kappa shape index (κ1) is 19.2. The van der Waals surface area contributed by atoms with Crippen molar-refractivity contribution in [3.63, 3.8) is 0 Å². The van der Waals surface area contributed by atoms with E-state index in [1.165, 1.54) is 6.07 Å². The number of halogens is 1. The minimum atomic E-state index is -0.0927. The Bertz CT molecular complexity index is 712. The molecule has 0 aliphatic rings. The number of nitrogens with zero attached hydrogens (tertiary/aromatic N) is 1. The lowest BCUT2D eigenvalue weighted by Gasteiger charge is -2.19. The van der Waals surface area contributed by atoms with Crippen LogP contribution in [-0.2, 0) is 11.3 Å². The second-order valence-electron chi connectivity index (χ2n) is 5.95. The SMILES string of the molecule is CC(C)CC(CN)NC(=O)Cn1ccc(=O)c2ccccc21.Cl. The molecule has 0 aliphatic carbocycles. The standard InChI is InChI=1S/C17H23N3O2.ClH/c1-12(2)9-13(10-18)19-17(22)11-20-8-7-16(21)14-5-3-4-6-15(14)20;/h3-8,12-13H,9-11,18H2,1-2H3,(H,19,22);1H. The number of pyridine rings is 1. The molecule has 1 aromatic carbocycles. The molecule has 2 rings (SSSR count). The Kier molecular flexibility index (Phi) is 7.26. The predicted octanol–water partition coefficient (Wildman–Crippen LogP) is 1.91. The summed E-state index contributed by atoms with van der Waals surface area (Å²) >= 11 is 0. The van der Waals surface area contributed by atoms with Crippen LogP contribution in [0.4, 0.5) is 0 Å². The van der Waals surface area contributed by atoms with Crippen molar-refractivity contribution in [2.45, 2.75) is 32.9 Å². The maximum Gasteiger partial charge on any atom is 0.240 e. The normalized spacial score (nSPS) is 12.0. The number of rotatable bonds is 6. The van der Waals surface area contributed by atoms with Gasteiger partial charge >= 0.3 is 0 Å². The summed E-state index contributed by atoms with van der Waals surface area (Å²) in [7, 11) is 0. The van der Waals surface area contributed by atoms with Gasteiger partial charge in [-0.3, -0.25) is 9.59 Å². The molecule has 5 nitrogen and oxygen atoms in total. The first-order chi connectivity index (χ1) is 10.5. The lowest BCUT2D eigenvalue weighted by Crippen LogP contribution is -2.42. The first-order valence-electron chi connectivity index (χ1n) is 7.59. The van der Waals surface area contributed by atoms with E-state index in [0.29, 0.717) is 17.8 Å². The van der Waals surface area contributed by atoms with Crippen LogP contribution in [0.5, 0.6) is 0 Å². The average molecular weight is 338 g/mol. The molecule has 1 unspecified atom stereocenters. The third-order valence-electron chi connectivity index (χ3n) is 3.60. The molecule has 0 spiro atoms. The van der Waals surface area contributed by atoms with Gasteiger partial charge in [-0.2, -0.15) is 0 Å². The van der Waals surface area contributed by atoms with Gasteiger partial charge in [0, 0.05) is 30.2 Å². The topological polar surface area (TPSA) is 77.1 Å². The summed E-state index contributed by atoms with van der Waals surface area (Å²) in [5.41, 5.74) is 6.44. The van der Waals surface area contributed by atoms with Gasteiger partial charge in [0.1, 0.15) is 6.54 Å². The zero-order valence-corrected chi connectivity index (χ0v) is 14.3. The molecule has 1 aromatic heterocycles. The number of para-hydroxylation sites is 1. The first-order valence-corrected chi connectivity index (χ1v) is 7.59. The number of aromatic nitrogens is 1. The molecule has 0 aliphatic heterocycles. The van der Waals surface area contributed by atoms with E-state index in [-0.39, 0.29) is 36.3 Å². The summed E-state index contributed by atoms with van der Waals surface area (Å²) in [5, 5.41) is 3.58. The largest absolute Gasteiger partial charge is 0.351 e. The van der Waals surface area contributed by atoms with E-state index in [9.17, 15) is 9.59 Å². The quantitative estimate of drug-likeness (QED) is 0.845. The highest BCUT2D eigenvalue weighted by molar-refractivity contribution is 5.85. The van der Waals surface area contributed by atoms with Crippen molar-refractivity contribution in [3.05, 3.63) is 46.8 Å². The molecule has 0 saturated carbocycles. The molecule has 6 heteroatoms. The van der Waals surface area contributed by atoms with Crippen LogP contribution in [0.15, 0.2) is 41.3 Å². The van der Waals surface area contributed by atoms with E-state index in [4.69, 9.17) is 5.73 Å². The third kappa shape index (κ3) is 5.08. The number of fused-ring (bicyclic) bond motifs is 1. The monoisotopic (exact) mass is 337 g/mol. The highest BCUT2D eigenvalue weighted by Crippen LogP contribution is 2.09. The van der Waals surface area contributed by atoms with Crippen LogP contribution < -0.4 is 16.5 Å². The van der Waals surface area contributed by atoms with Crippen molar-refractivity contribution < 1.29 is 4.79 Å². The number of nitrogens with two attached hydrogens (primary N) is 1. The molecule has 0 saturated heterocycles. The van der Waals surface area contributed by atoms with Crippen LogP contribution in [0.3, 0.4) is 0 Å². The predicted molar refractivity (Wildman–Crippen MR) is 95.9 cm³/mol. The number of hydrogen-bond donors (Lipinski definition) is 2. The van der Waals surface area contributed by atoms with E-state index in [2.05, 4.69) is 19.2 Å². The lowest BCUT2D eigenvalue weighted by atomic mass is 10.0. The van der Waals surface area contributed by atoms with E-state index in [0.717, 1.165) is 11.9 Å². The Morgan fingerprint density at radius 1 is 1.26 bits per heavy atom. The van der Waals surface area contributed by atoms with Crippen molar-refractivity contribution in [1.82, 2.24) is 9.88 Å². The Balaban J connectivity index is 0.00000264. The second kappa shape index (κ2) is 8.70. The Morgan fingerprint density at radius 3 is 2.61 bits per heavy atom. The fourth-order valence-electron chi connectivity index (χ4n) is 2.61. The summed E-state index contributed by atoms with van der Waals surface area (Å²) in [6.07, 6.45) is 2.51. The lowest BCUT2D eigenvalue weighted by molar-refractivity contribution is -0.122. The van der Waals surface area contributed by atoms with Gasteiger partial charge in [0.2, 0.25) is 5.91 Å². The fourth-order valence-corrected chi connectivity index (χ4v) is 2.61. The molecule has 1 heterocycles. The Hall–Kier alpha value is -1.85. The van der Waals surface area contributed by atoms with Crippen molar-refractivity contribution >= 4 is 29.2 Å². The fraction of sp³-hybridized carbons (Fsp3) is 0.412. The molecule has 0 bridgehead atoms. The number of amides is 1. The number of nitrogens with one attached hydrogen (secondary N) is 1. The van der Waals surface area contributed by atoms with E-state index < -0.39 is 0 Å². The molecule has 1 atom stereocenters. The third-order valence-corrected chi connectivity index (χ3v) is 3.60. The van der Waals surface area contributed by atoms with Gasteiger partial charge in [0.15, 0.2) is 5.43 Å². The molecule has 1 amide bonds. The van der Waals surface area contributed by atoms with E-state index in [1.807, 2.05) is 18.2 Å². The van der Waals surface area contributed by atoms with Crippen LogP contribution in [-0.4, -0.2) is 23.1 Å². The van der Waals surface area contributed by atoms with E-state index >= 15 is 0 Å². The number of benzene rings is 1. The zero-order valence-electron chi connectivity index (χ0n) is 13.5. The summed E-state index contributed by atoms with van der Waals surface area (Å²) < 4.78 is 1.79. The highest BCUT2D eigenvalue weighted by Gasteiger charge is 2.13. The number of carbonyl (C=O) groups excluding carboxylic acids is 1. The van der Waals surface area contributed by atoms with Crippen LogP contribution >= 0.6 is 12.4 Å². The highest BCUT2D eigenvalue weighted by atomic mass is 35.5. The van der Waals surface area contributed by atoms with Crippen LogP contribution in [0.25, 0.3) is 10.9 Å². The van der Waals surface area contributed by atoms with Crippen LogP contribution in [0.1, 0.15) is 20.3 Å². The zero-order chi connectivity index (χ0) is 16.1. The van der Waals surface area contributed by atoms with Crippen molar-refractivity contribution in [1.29, 1.82) is 0 Å². The molecule has 0 fully saturated rings. The summed E-state index contributed by atoms with van der Waals surface area (Å²) in [6, 6.07) is 8.77. The minimum Gasteiger partial charge on any atom is -0.351 e. The molecule has 0 radical (unpaired) electrons. The van der Waals surface area contributed by atoms with Gasteiger partial charge in [0.25, 0.3) is 0 Å². The molecular weight excluding hydrogens is 314 g/mol. The van der Waals surface area contributed by atoms with Gasteiger partial charge in [0.05, 0.1) is 5.52 Å². The Morgan fingerprint density at radius 2 is 1.96 bits per heavy atom. The number of hydrogen-bond acceptors (Lipinski definition) is 3. The summed E-state index contributed by atoms with van der Waals surface area (Å²) in [4.78, 5) is 24.1. The average Bonchev–Trinajstić information content (AvgIpc) is 2.49. The molecular formula is C17H24ClN3O2. The molecule has 23 heavy (non-hydrogen) atoms. The Labute approximate surface area is 142 Å². The molecule has 2 aromatic rings. The van der Waals surface area contributed by atoms with Gasteiger partial charge in [-0.1, -0.05) is 26.0 Å². The van der Waals surface area contributed by atoms with Crippen LogP contribution in [0, 0.1) is 5.92 Å². The van der Waals surface area contributed by atoms with Crippen LogP contribution in [0.2, 0.25) is 0 Å². The molecule has 3 N–H and O–H groups in total. The second-order valence-corrected chi connectivity index (χ2v) is 5.95. The maximum absolute atomic E-state index is 12.2.